The van der Waals surface area contributed by atoms with E-state index in [1.54, 1.807) is 0 Å². The molecule has 7 nitrogen and oxygen atoms in total. The third-order valence-corrected chi connectivity index (χ3v) is 6.36. The van der Waals surface area contributed by atoms with Crippen LogP contribution in [0.25, 0.3) is 0 Å². The van der Waals surface area contributed by atoms with Crippen LogP contribution >= 0.6 is 11.3 Å². The molecule has 0 bridgehead atoms. The van der Waals surface area contributed by atoms with Gasteiger partial charge in [0.1, 0.15) is 6.04 Å². The van der Waals surface area contributed by atoms with E-state index in [1.165, 1.54) is 17.5 Å². The summed E-state index contributed by atoms with van der Waals surface area (Å²) >= 11 is 1.21. The normalized spacial score (nSPS) is 18.1. The van der Waals surface area contributed by atoms with Crippen molar-refractivity contribution in [1.29, 1.82) is 0 Å². The van der Waals surface area contributed by atoms with Crippen molar-refractivity contribution in [1.82, 2.24) is 9.88 Å². The summed E-state index contributed by atoms with van der Waals surface area (Å²) in [5.41, 5.74) is 7.48. The first-order valence-electron chi connectivity index (χ1n) is 9.84. The summed E-state index contributed by atoms with van der Waals surface area (Å²) in [6.45, 7) is 0. The van der Waals surface area contributed by atoms with Gasteiger partial charge in [-0.1, -0.05) is 60.7 Å². The van der Waals surface area contributed by atoms with Crippen molar-refractivity contribution in [3.05, 3.63) is 82.9 Å². The van der Waals surface area contributed by atoms with Crippen LogP contribution in [-0.4, -0.2) is 38.8 Å². The van der Waals surface area contributed by atoms with Crippen molar-refractivity contribution in [2.45, 2.75) is 24.8 Å². The van der Waals surface area contributed by atoms with Gasteiger partial charge in [0.15, 0.2) is 5.13 Å². The zero-order valence-corrected chi connectivity index (χ0v) is 17.4. The zero-order valence-electron chi connectivity index (χ0n) is 16.5. The Morgan fingerprint density at radius 3 is 2.13 bits per heavy atom. The summed E-state index contributed by atoms with van der Waals surface area (Å²) in [6, 6.07) is 17.9. The number of likely N-dealkylation sites (tertiary alicyclic amines) is 1. The summed E-state index contributed by atoms with van der Waals surface area (Å²) in [6.07, 6.45) is 1.75. The van der Waals surface area contributed by atoms with E-state index in [-0.39, 0.29) is 18.8 Å². The van der Waals surface area contributed by atoms with Gasteiger partial charge in [0, 0.05) is 23.4 Å². The van der Waals surface area contributed by atoms with Gasteiger partial charge in [-0.2, -0.15) is 0 Å². The number of anilines is 1. The highest BCUT2D eigenvalue weighted by atomic mass is 32.1. The number of nitrogen functional groups attached to an aromatic ring is 1. The second-order valence-corrected chi connectivity index (χ2v) is 8.59. The molecule has 2 amide bonds. The SMILES string of the molecule is Nc1ncc(CC2C(=O)N(C(=O)CC(c3ccccc3)c3ccccc3)[C@@H]2C(=O)O)s1. The number of carbonyl (C=O) groups is 3. The summed E-state index contributed by atoms with van der Waals surface area (Å²) in [5, 5.41) is 10.1. The first-order chi connectivity index (χ1) is 15.0. The summed E-state index contributed by atoms with van der Waals surface area (Å²) in [4.78, 5) is 43.4. The Labute approximate surface area is 183 Å². The van der Waals surface area contributed by atoms with Crippen molar-refractivity contribution in [3.8, 4) is 0 Å². The number of carboxylic acids is 1. The molecule has 0 spiro atoms. The van der Waals surface area contributed by atoms with Crippen molar-refractivity contribution in [2.24, 2.45) is 5.92 Å². The second kappa shape index (κ2) is 8.69. The highest BCUT2D eigenvalue weighted by molar-refractivity contribution is 7.15. The fourth-order valence-corrected chi connectivity index (χ4v) is 4.76. The molecule has 2 atom stereocenters. The molecule has 1 aliphatic rings. The molecule has 1 unspecified atom stereocenters. The monoisotopic (exact) mass is 435 g/mol. The topological polar surface area (TPSA) is 114 Å². The molecule has 1 aromatic heterocycles. The van der Waals surface area contributed by atoms with E-state index in [0.717, 1.165) is 20.9 Å². The van der Waals surface area contributed by atoms with Crippen LogP contribution in [0.1, 0.15) is 28.3 Å². The van der Waals surface area contributed by atoms with Gasteiger partial charge in [-0.25, -0.2) is 9.78 Å². The molecule has 1 aliphatic heterocycles. The molecule has 3 N–H and O–H groups in total. The Morgan fingerprint density at radius 1 is 1.06 bits per heavy atom. The number of hydrogen-bond donors (Lipinski definition) is 2. The summed E-state index contributed by atoms with van der Waals surface area (Å²) in [5.74, 6) is -3.23. The third kappa shape index (κ3) is 4.20. The number of imide groups is 1. The lowest BCUT2D eigenvalue weighted by Gasteiger charge is -2.43. The average Bonchev–Trinajstić information content (AvgIpc) is 3.19. The van der Waals surface area contributed by atoms with Gasteiger partial charge >= 0.3 is 5.97 Å². The Morgan fingerprint density at radius 2 is 1.65 bits per heavy atom. The van der Waals surface area contributed by atoms with Crippen molar-refractivity contribution in [2.75, 3.05) is 5.73 Å². The first kappa shape index (κ1) is 20.7. The number of nitrogens with two attached hydrogens (primary N) is 1. The quantitative estimate of drug-likeness (QED) is 0.552. The molecular formula is C23H21N3O4S. The van der Waals surface area contributed by atoms with Crippen molar-refractivity contribution in [3.63, 3.8) is 0 Å². The van der Waals surface area contributed by atoms with Gasteiger partial charge in [-0.15, -0.1) is 11.3 Å². The molecule has 0 saturated carbocycles. The minimum absolute atomic E-state index is 0.00374. The molecule has 0 aliphatic carbocycles. The number of hydrogen-bond acceptors (Lipinski definition) is 6. The van der Waals surface area contributed by atoms with Crippen molar-refractivity contribution >= 4 is 34.3 Å². The lowest BCUT2D eigenvalue weighted by Crippen LogP contribution is -2.66. The summed E-state index contributed by atoms with van der Waals surface area (Å²) < 4.78 is 0. The van der Waals surface area contributed by atoms with Crippen LogP contribution in [0, 0.1) is 5.92 Å². The number of amides is 2. The van der Waals surface area contributed by atoms with E-state index >= 15 is 0 Å². The third-order valence-electron chi connectivity index (χ3n) is 5.51. The van der Waals surface area contributed by atoms with Gasteiger partial charge < -0.3 is 10.8 Å². The smallest absolute Gasteiger partial charge is 0.327 e. The number of carbonyl (C=O) groups excluding carboxylic acids is 2. The van der Waals surface area contributed by atoms with Gasteiger partial charge in [0.05, 0.1) is 5.92 Å². The lowest BCUT2D eigenvalue weighted by atomic mass is 9.82. The first-order valence-corrected chi connectivity index (χ1v) is 10.7. The van der Waals surface area contributed by atoms with Crippen LogP contribution in [0.4, 0.5) is 5.13 Å². The Bertz CT molecular complexity index is 1060. The standard InChI is InChI=1S/C23H21N3O4S/c24-23-25-13-16(31-23)11-18-20(22(29)30)26(21(18)28)19(27)12-17(14-7-3-1-4-8-14)15-9-5-2-6-10-15/h1-10,13,17-18,20H,11-12H2,(H2,24,25)(H,29,30)/t18?,20-/m0/s1. The lowest BCUT2D eigenvalue weighted by molar-refractivity contribution is -0.177. The number of nitrogens with zero attached hydrogens (tertiary/aromatic N) is 2. The maximum absolute atomic E-state index is 13.1. The highest BCUT2D eigenvalue weighted by Gasteiger charge is 2.54. The molecule has 3 aromatic rings. The van der Waals surface area contributed by atoms with Crippen LogP contribution in [0.5, 0.6) is 0 Å². The molecule has 0 radical (unpaired) electrons. The van der Waals surface area contributed by atoms with E-state index in [2.05, 4.69) is 4.98 Å². The molecule has 4 rings (SSSR count). The minimum atomic E-state index is -1.19. The largest absolute Gasteiger partial charge is 0.480 e. The van der Waals surface area contributed by atoms with Crippen LogP contribution in [-0.2, 0) is 20.8 Å². The van der Waals surface area contributed by atoms with Crippen LogP contribution < -0.4 is 5.73 Å². The molecule has 2 heterocycles. The maximum atomic E-state index is 13.1. The minimum Gasteiger partial charge on any atom is -0.480 e. The van der Waals surface area contributed by atoms with E-state index in [0.29, 0.717) is 5.13 Å². The second-order valence-electron chi connectivity index (χ2n) is 7.44. The number of aromatic nitrogens is 1. The van der Waals surface area contributed by atoms with Crippen LogP contribution in [0.3, 0.4) is 0 Å². The fourth-order valence-electron chi connectivity index (χ4n) is 4.01. The predicted molar refractivity (Wildman–Crippen MR) is 116 cm³/mol. The van der Waals surface area contributed by atoms with Gasteiger partial charge in [-0.3, -0.25) is 14.5 Å². The highest BCUT2D eigenvalue weighted by Crippen LogP contribution is 2.35. The number of aliphatic carboxylic acids is 1. The van der Waals surface area contributed by atoms with Gasteiger partial charge in [0.25, 0.3) is 0 Å². The number of β-lactam (4-membered cyclic amide) rings is 1. The molecular weight excluding hydrogens is 414 g/mol. The Kier molecular flexibility index (Phi) is 5.81. The Hall–Kier alpha value is -3.52. The fraction of sp³-hybridized carbons (Fsp3) is 0.217. The number of thiazole rings is 1. The van der Waals surface area contributed by atoms with Gasteiger partial charge in [0.2, 0.25) is 11.8 Å². The average molecular weight is 436 g/mol. The number of benzene rings is 2. The zero-order chi connectivity index (χ0) is 22.0. The number of rotatable bonds is 7. The van der Waals surface area contributed by atoms with Crippen LogP contribution in [0.2, 0.25) is 0 Å². The number of carboxylic acid groups (broad SMARTS) is 1. The molecule has 8 heteroatoms. The van der Waals surface area contributed by atoms with E-state index < -0.39 is 29.7 Å². The summed E-state index contributed by atoms with van der Waals surface area (Å²) in [7, 11) is 0. The van der Waals surface area contributed by atoms with E-state index in [4.69, 9.17) is 5.73 Å². The molecule has 2 aromatic carbocycles. The van der Waals surface area contributed by atoms with E-state index in [1.807, 2.05) is 60.7 Å². The maximum Gasteiger partial charge on any atom is 0.327 e. The molecule has 1 fully saturated rings. The molecule has 1 saturated heterocycles. The predicted octanol–water partition coefficient (Wildman–Crippen LogP) is 2.93. The van der Waals surface area contributed by atoms with E-state index in [9.17, 15) is 19.5 Å². The molecule has 31 heavy (non-hydrogen) atoms. The Balaban J connectivity index is 1.55. The van der Waals surface area contributed by atoms with Crippen LogP contribution in [0.15, 0.2) is 66.9 Å². The molecule has 158 valence electrons. The van der Waals surface area contributed by atoms with Gasteiger partial charge in [-0.05, 0) is 17.5 Å². The van der Waals surface area contributed by atoms with Crippen molar-refractivity contribution < 1.29 is 19.5 Å².